The minimum atomic E-state index is -0.658. The van der Waals surface area contributed by atoms with E-state index in [1.54, 1.807) is 36.4 Å². The van der Waals surface area contributed by atoms with Crippen molar-refractivity contribution in [2.75, 3.05) is 10.6 Å². The zero-order chi connectivity index (χ0) is 26.7. The van der Waals surface area contributed by atoms with Crippen molar-refractivity contribution in [2.45, 2.75) is 26.2 Å². The Morgan fingerprint density at radius 3 is 2.38 bits per heavy atom. The highest BCUT2D eigenvalue weighted by molar-refractivity contribution is 6.30. The molecule has 2 aromatic carbocycles. The first-order valence-electron chi connectivity index (χ1n) is 11.2. The second-order valence-electron chi connectivity index (χ2n) is 9.12. The van der Waals surface area contributed by atoms with Gasteiger partial charge in [-0.15, -0.1) is 0 Å². The fourth-order valence-electron chi connectivity index (χ4n) is 3.28. The van der Waals surface area contributed by atoms with Gasteiger partial charge in [-0.1, -0.05) is 32.4 Å². The molecule has 3 amide bonds. The van der Waals surface area contributed by atoms with Gasteiger partial charge in [0.2, 0.25) is 0 Å². The summed E-state index contributed by atoms with van der Waals surface area (Å²) in [6.07, 6.45) is 1.42. The summed E-state index contributed by atoms with van der Waals surface area (Å²) in [5, 5.41) is 10.1. The summed E-state index contributed by atoms with van der Waals surface area (Å²) in [6.45, 7) is 5.97. The lowest BCUT2D eigenvalue weighted by Crippen LogP contribution is -2.21. The highest BCUT2D eigenvalue weighted by Crippen LogP contribution is 2.28. The molecule has 4 rings (SSSR count). The molecule has 0 saturated carbocycles. The average Bonchev–Trinajstić information content (AvgIpc) is 3.26. The highest BCUT2D eigenvalue weighted by atomic mass is 35.5. The van der Waals surface area contributed by atoms with Crippen LogP contribution in [0.25, 0.3) is 5.69 Å². The van der Waals surface area contributed by atoms with Crippen molar-refractivity contribution >= 4 is 35.0 Å². The number of urea groups is 1. The third-order valence-electron chi connectivity index (χ3n) is 5.20. The molecule has 11 heteroatoms. The minimum absolute atomic E-state index is 0.0550. The number of benzene rings is 2. The Labute approximate surface area is 217 Å². The molecule has 4 aromatic rings. The topological polar surface area (TPSA) is 124 Å². The second-order valence-corrected chi connectivity index (χ2v) is 9.53. The number of nitrogens with one attached hydrogen (secondary N) is 2. The molecule has 190 valence electrons. The van der Waals surface area contributed by atoms with Crippen LogP contribution in [0.3, 0.4) is 0 Å². The van der Waals surface area contributed by atoms with E-state index in [1.807, 2.05) is 20.8 Å². The molecule has 37 heavy (non-hydrogen) atoms. The van der Waals surface area contributed by atoms with Gasteiger partial charge in [-0.2, -0.15) is 5.10 Å². The van der Waals surface area contributed by atoms with Crippen LogP contribution in [0.15, 0.2) is 66.9 Å². The Kier molecular flexibility index (Phi) is 7.12. The third kappa shape index (κ3) is 6.22. The molecule has 2 heterocycles. The fourth-order valence-corrected chi connectivity index (χ4v) is 3.46. The first-order valence-corrected chi connectivity index (χ1v) is 11.5. The van der Waals surface area contributed by atoms with Gasteiger partial charge in [0.15, 0.2) is 0 Å². The largest absolute Gasteiger partial charge is 0.457 e. The van der Waals surface area contributed by atoms with Crippen LogP contribution in [0.5, 0.6) is 11.5 Å². The van der Waals surface area contributed by atoms with Gasteiger partial charge in [0.1, 0.15) is 28.8 Å². The van der Waals surface area contributed by atoms with Crippen LogP contribution in [0, 0.1) is 5.82 Å². The lowest BCUT2D eigenvalue weighted by molar-refractivity contribution is 0.0995. The van der Waals surface area contributed by atoms with E-state index in [4.69, 9.17) is 22.1 Å². The molecule has 0 atom stereocenters. The van der Waals surface area contributed by atoms with E-state index in [2.05, 4.69) is 20.7 Å². The molecule has 0 aliphatic rings. The number of primary amides is 1. The molecule has 0 unspecified atom stereocenters. The summed E-state index contributed by atoms with van der Waals surface area (Å²) in [4.78, 5) is 28.0. The van der Waals surface area contributed by atoms with Crippen LogP contribution in [0.2, 0.25) is 5.02 Å². The number of nitrogens with two attached hydrogens (primary N) is 1. The lowest BCUT2D eigenvalue weighted by atomic mass is 9.92. The number of nitrogens with zero attached hydrogens (tertiary/aromatic N) is 3. The summed E-state index contributed by atoms with van der Waals surface area (Å²) >= 11 is 5.96. The molecular weight excluding hydrogens is 499 g/mol. The maximum absolute atomic E-state index is 13.7. The maximum atomic E-state index is 13.7. The number of hydrogen-bond donors (Lipinski definition) is 3. The molecule has 0 radical (unpaired) electrons. The summed E-state index contributed by atoms with van der Waals surface area (Å²) < 4.78 is 20.9. The Hall–Kier alpha value is -4.44. The van der Waals surface area contributed by atoms with E-state index in [0.717, 1.165) is 5.69 Å². The van der Waals surface area contributed by atoms with Gasteiger partial charge >= 0.3 is 6.03 Å². The van der Waals surface area contributed by atoms with E-state index < -0.39 is 17.8 Å². The van der Waals surface area contributed by atoms with E-state index in [9.17, 15) is 14.0 Å². The standard InChI is InChI=1S/C26H24ClFN6O3/c1-26(2,3)22-14-23(34(33-22)16-6-9-20(28)19(27)12-16)32-25(36)31-15-4-7-17(8-5-15)37-18-10-11-30-21(13-18)24(29)35/h4-14H,1-3H3,(H2,29,35)(H2,31,32,36). The molecule has 9 nitrogen and oxygen atoms in total. The van der Waals surface area contributed by atoms with E-state index in [1.165, 1.54) is 35.1 Å². The van der Waals surface area contributed by atoms with Crippen LogP contribution in [0.1, 0.15) is 37.0 Å². The smallest absolute Gasteiger partial charge is 0.324 e. The van der Waals surface area contributed by atoms with Gasteiger partial charge < -0.3 is 15.8 Å². The average molecular weight is 523 g/mol. The van der Waals surface area contributed by atoms with E-state index in [0.29, 0.717) is 28.7 Å². The van der Waals surface area contributed by atoms with Crippen LogP contribution in [0.4, 0.5) is 20.7 Å². The number of halogens is 2. The molecule has 0 aliphatic heterocycles. The van der Waals surface area contributed by atoms with Gasteiger partial charge in [-0.3, -0.25) is 15.1 Å². The summed E-state index contributed by atoms with van der Waals surface area (Å²) in [5.74, 6) is 0.0488. The summed E-state index contributed by atoms with van der Waals surface area (Å²) in [5.41, 5.74) is 6.75. The van der Waals surface area contributed by atoms with E-state index >= 15 is 0 Å². The normalized spacial score (nSPS) is 11.2. The number of carbonyl (C=O) groups excluding carboxylic acids is 2. The predicted octanol–water partition coefficient (Wildman–Crippen LogP) is 5.89. The number of pyridine rings is 1. The first kappa shape index (κ1) is 25.6. The first-order chi connectivity index (χ1) is 17.5. The predicted molar refractivity (Wildman–Crippen MR) is 139 cm³/mol. The van der Waals surface area contributed by atoms with Crippen LogP contribution in [-0.2, 0) is 5.41 Å². The van der Waals surface area contributed by atoms with Crippen molar-refractivity contribution in [1.82, 2.24) is 14.8 Å². The number of ether oxygens (including phenoxy) is 1. The van der Waals surface area contributed by atoms with Gasteiger partial charge in [-0.05, 0) is 48.5 Å². The van der Waals surface area contributed by atoms with Crippen molar-refractivity contribution in [3.05, 3.63) is 89.1 Å². The fraction of sp³-hybridized carbons (Fsp3) is 0.154. The molecule has 0 fully saturated rings. The number of anilines is 2. The zero-order valence-corrected chi connectivity index (χ0v) is 21.0. The highest BCUT2D eigenvalue weighted by Gasteiger charge is 2.22. The SMILES string of the molecule is CC(C)(C)c1cc(NC(=O)Nc2ccc(Oc3ccnc(C(N)=O)c3)cc2)n(-c2ccc(F)c(Cl)c2)n1. The number of aromatic nitrogens is 3. The quantitative estimate of drug-likeness (QED) is 0.291. The van der Waals surface area contributed by atoms with Crippen molar-refractivity contribution < 1.29 is 18.7 Å². The molecule has 0 spiro atoms. The number of carbonyl (C=O) groups is 2. The zero-order valence-electron chi connectivity index (χ0n) is 20.3. The van der Waals surface area contributed by atoms with Crippen molar-refractivity contribution in [2.24, 2.45) is 5.73 Å². The van der Waals surface area contributed by atoms with E-state index in [-0.39, 0.29) is 16.1 Å². The van der Waals surface area contributed by atoms with Crippen LogP contribution >= 0.6 is 11.6 Å². The van der Waals surface area contributed by atoms with Crippen molar-refractivity contribution in [1.29, 1.82) is 0 Å². The van der Waals surface area contributed by atoms with Crippen LogP contribution in [-0.4, -0.2) is 26.7 Å². The molecule has 0 aliphatic carbocycles. The molecule has 2 aromatic heterocycles. The van der Waals surface area contributed by atoms with Gasteiger partial charge in [0.25, 0.3) is 5.91 Å². The van der Waals surface area contributed by atoms with Crippen molar-refractivity contribution in [3.63, 3.8) is 0 Å². The second kappa shape index (κ2) is 10.3. The minimum Gasteiger partial charge on any atom is -0.457 e. The Balaban J connectivity index is 1.49. The van der Waals surface area contributed by atoms with Crippen LogP contribution < -0.4 is 21.1 Å². The Bertz CT molecular complexity index is 1460. The molecule has 4 N–H and O–H groups in total. The molecule has 0 bridgehead atoms. The number of amides is 3. The summed E-state index contributed by atoms with van der Waals surface area (Å²) in [6, 6.07) is 15.1. The Morgan fingerprint density at radius 1 is 1.00 bits per heavy atom. The summed E-state index contributed by atoms with van der Waals surface area (Å²) in [7, 11) is 0. The van der Waals surface area contributed by atoms with Crippen molar-refractivity contribution in [3.8, 4) is 17.2 Å². The van der Waals surface area contributed by atoms with Gasteiger partial charge in [-0.25, -0.2) is 13.9 Å². The molecular formula is C26H24ClFN6O3. The lowest BCUT2D eigenvalue weighted by Gasteiger charge is -2.14. The monoisotopic (exact) mass is 522 g/mol. The Morgan fingerprint density at radius 2 is 1.73 bits per heavy atom. The third-order valence-corrected chi connectivity index (χ3v) is 5.49. The van der Waals surface area contributed by atoms with Gasteiger partial charge in [0.05, 0.1) is 16.4 Å². The number of hydrogen-bond acceptors (Lipinski definition) is 5. The molecule has 0 saturated heterocycles. The maximum Gasteiger partial charge on any atom is 0.324 e. The number of rotatable bonds is 6. The van der Waals surface area contributed by atoms with Gasteiger partial charge in [0, 0.05) is 29.4 Å².